The summed E-state index contributed by atoms with van der Waals surface area (Å²) in [6, 6.07) is 0.984. The van der Waals surface area contributed by atoms with Gasteiger partial charge in [-0.3, -0.25) is 0 Å². The standard InChI is InChI=1S/C23H33F3O/c1-3-4-5-15-6-8-16(9-7-15)17-10-12-18(13-11-17)21-19(24)14-20(27-2)22(25)23(21)26/h14-18H,3-13H2,1-2H3. The monoisotopic (exact) mass is 382 g/mol. The van der Waals surface area contributed by atoms with E-state index in [1.807, 2.05) is 0 Å². The molecule has 2 aliphatic rings. The van der Waals surface area contributed by atoms with Gasteiger partial charge in [0, 0.05) is 11.6 Å². The predicted molar refractivity (Wildman–Crippen MR) is 103 cm³/mol. The maximum Gasteiger partial charge on any atom is 0.201 e. The Labute approximate surface area is 161 Å². The van der Waals surface area contributed by atoms with E-state index in [9.17, 15) is 13.2 Å². The van der Waals surface area contributed by atoms with Gasteiger partial charge in [-0.05, 0) is 62.2 Å². The molecule has 2 aliphatic carbocycles. The smallest absolute Gasteiger partial charge is 0.201 e. The number of ether oxygens (including phenoxy) is 1. The van der Waals surface area contributed by atoms with Crippen molar-refractivity contribution in [3.05, 3.63) is 29.1 Å². The third kappa shape index (κ3) is 4.63. The molecule has 0 amide bonds. The van der Waals surface area contributed by atoms with Gasteiger partial charge in [-0.25, -0.2) is 8.78 Å². The summed E-state index contributed by atoms with van der Waals surface area (Å²) < 4.78 is 47.5. The number of unbranched alkanes of at least 4 members (excludes halogenated alkanes) is 1. The van der Waals surface area contributed by atoms with Crippen LogP contribution >= 0.6 is 0 Å². The second-order valence-corrected chi connectivity index (χ2v) is 8.64. The van der Waals surface area contributed by atoms with Crippen LogP contribution in [0.15, 0.2) is 6.07 Å². The third-order valence-corrected chi connectivity index (χ3v) is 7.08. The first-order valence-electron chi connectivity index (χ1n) is 10.8. The van der Waals surface area contributed by atoms with Gasteiger partial charge in [-0.2, -0.15) is 4.39 Å². The second-order valence-electron chi connectivity index (χ2n) is 8.64. The molecule has 1 nitrogen and oxygen atoms in total. The topological polar surface area (TPSA) is 9.23 Å². The summed E-state index contributed by atoms with van der Waals surface area (Å²) in [7, 11) is 1.22. The van der Waals surface area contributed by atoms with Gasteiger partial charge < -0.3 is 4.74 Å². The lowest BCUT2D eigenvalue weighted by molar-refractivity contribution is 0.154. The van der Waals surface area contributed by atoms with E-state index in [2.05, 4.69) is 6.92 Å². The minimum atomic E-state index is -1.07. The molecule has 0 spiro atoms. The molecule has 0 atom stereocenters. The fraction of sp³-hybridized carbons (Fsp3) is 0.739. The molecule has 0 aromatic heterocycles. The molecule has 0 bridgehead atoms. The Morgan fingerprint density at radius 1 is 0.889 bits per heavy atom. The van der Waals surface area contributed by atoms with Crippen LogP contribution < -0.4 is 4.74 Å². The molecule has 2 fully saturated rings. The second kappa shape index (κ2) is 9.34. The number of methoxy groups -OCH3 is 1. The largest absolute Gasteiger partial charge is 0.493 e. The lowest BCUT2D eigenvalue weighted by Crippen LogP contribution is -2.26. The molecule has 0 N–H and O–H groups in total. The van der Waals surface area contributed by atoms with E-state index in [4.69, 9.17) is 4.74 Å². The summed E-state index contributed by atoms with van der Waals surface area (Å²) >= 11 is 0. The van der Waals surface area contributed by atoms with E-state index in [0.717, 1.165) is 43.6 Å². The molecule has 27 heavy (non-hydrogen) atoms. The van der Waals surface area contributed by atoms with Crippen molar-refractivity contribution in [2.24, 2.45) is 17.8 Å². The van der Waals surface area contributed by atoms with Crippen molar-refractivity contribution in [3.63, 3.8) is 0 Å². The Kier molecular flexibility index (Phi) is 7.10. The molecule has 0 aliphatic heterocycles. The number of halogens is 3. The maximum absolute atomic E-state index is 14.4. The summed E-state index contributed by atoms with van der Waals surface area (Å²) in [6.07, 6.45) is 12.8. The summed E-state index contributed by atoms with van der Waals surface area (Å²) in [5.41, 5.74) is -0.0741. The van der Waals surface area contributed by atoms with E-state index in [0.29, 0.717) is 5.92 Å². The molecule has 4 heteroatoms. The highest BCUT2D eigenvalue weighted by molar-refractivity contribution is 5.34. The van der Waals surface area contributed by atoms with Crippen molar-refractivity contribution in [1.29, 1.82) is 0 Å². The first-order chi connectivity index (χ1) is 13.0. The number of hydrogen-bond acceptors (Lipinski definition) is 1. The molecule has 152 valence electrons. The number of hydrogen-bond donors (Lipinski definition) is 0. The van der Waals surface area contributed by atoms with Crippen LogP contribution in [0.1, 0.15) is 89.0 Å². The minimum Gasteiger partial charge on any atom is -0.493 e. The Morgan fingerprint density at radius 2 is 1.48 bits per heavy atom. The Balaban J connectivity index is 1.56. The fourth-order valence-electron chi connectivity index (χ4n) is 5.43. The maximum atomic E-state index is 14.4. The SMILES string of the molecule is CCCCC1CCC(C2CCC(c3c(F)cc(OC)c(F)c3F)CC2)CC1. The molecule has 0 saturated heterocycles. The molecule has 2 saturated carbocycles. The van der Waals surface area contributed by atoms with Crippen LogP contribution in [0.2, 0.25) is 0 Å². The highest BCUT2D eigenvalue weighted by Crippen LogP contribution is 2.46. The van der Waals surface area contributed by atoms with Crippen LogP contribution in [-0.4, -0.2) is 7.11 Å². The quantitative estimate of drug-likeness (QED) is 0.466. The van der Waals surface area contributed by atoms with Crippen molar-refractivity contribution in [2.45, 2.75) is 83.5 Å². The van der Waals surface area contributed by atoms with Gasteiger partial charge in [0.25, 0.3) is 0 Å². The third-order valence-electron chi connectivity index (χ3n) is 7.08. The van der Waals surface area contributed by atoms with Crippen LogP contribution in [0.25, 0.3) is 0 Å². The molecular weight excluding hydrogens is 349 g/mol. The molecule has 0 heterocycles. The molecule has 1 aromatic carbocycles. The summed E-state index contributed by atoms with van der Waals surface area (Å²) in [5.74, 6) is -1.04. The lowest BCUT2D eigenvalue weighted by atomic mass is 9.68. The van der Waals surface area contributed by atoms with Gasteiger partial charge in [-0.15, -0.1) is 0 Å². The highest BCUT2D eigenvalue weighted by atomic mass is 19.2. The van der Waals surface area contributed by atoms with Crippen LogP contribution in [0.4, 0.5) is 13.2 Å². The van der Waals surface area contributed by atoms with E-state index in [-0.39, 0.29) is 17.2 Å². The molecule has 0 radical (unpaired) electrons. The van der Waals surface area contributed by atoms with Crippen LogP contribution in [-0.2, 0) is 0 Å². The summed E-state index contributed by atoms with van der Waals surface area (Å²) in [6.45, 7) is 2.25. The van der Waals surface area contributed by atoms with Crippen molar-refractivity contribution >= 4 is 0 Å². The van der Waals surface area contributed by atoms with Crippen LogP contribution in [0.3, 0.4) is 0 Å². The average Bonchev–Trinajstić information content (AvgIpc) is 2.70. The van der Waals surface area contributed by atoms with Gasteiger partial charge in [-0.1, -0.05) is 39.0 Å². The van der Waals surface area contributed by atoms with Crippen molar-refractivity contribution < 1.29 is 17.9 Å². The van der Waals surface area contributed by atoms with Gasteiger partial charge in [0.2, 0.25) is 5.82 Å². The number of rotatable bonds is 6. The van der Waals surface area contributed by atoms with E-state index >= 15 is 0 Å². The first-order valence-corrected chi connectivity index (χ1v) is 10.8. The first kappa shape index (κ1) is 20.5. The zero-order valence-electron chi connectivity index (χ0n) is 16.7. The van der Waals surface area contributed by atoms with E-state index in [1.54, 1.807) is 0 Å². The summed E-state index contributed by atoms with van der Waals surface area (Å²) in [4.78, 5) is 0. The van der Waals surface area contributed by atoms with Gasteiger partial charge in [0.1, 0.15) is 5.82 Å². The van der Waals surface area contributed by atoms with Crippen molar-refractivity contribution in [3.8, 4) is 5.75 Å². The van der Waals surface area contributed by atoms with Crippen LogP contribution in [0.5, 0.6) is 5.75 Å². The van der Waals surface area contributed by atoms with E-state index in [1.165, 1.54) is 52.1 Å². The van der Waals surface area contributed by atoms with Crippen LogP contribution in [0, 0.1) is 35.2 Å². The average molecular weight is 383 g/mol. The molecular formula is C23H33F3O. The number of benzene rings is 1. The minimum absolute atomic E-state index is 0.0741. The van der Waals surface area contributed by atoms with Crippen molar-refractivity contribution in [2.75, 3.05) is 7.11 Å². The van der Waals surface area contributed by atoms with Gasteiger partial charge >= 0.3 is 0 Å². The fourth-order valence-corrected chi connectivity index (χ4v) is 5.43. The summed E-state index contributed by atoms with van der Waals surface area (Å²) in [5, 5.41) is 0. The van der Waals surface area contributed by atoms with E-state index < -0.39 is 17.5 Å². The molecule has 0 unspecified atom stereocenters. The zero-order valence-corrected chi connectivity index (χ0v) is 16.7. The van der Waals surface area contributed by atoms with Gasteiger partial charge in [0.05, 0.1) is 7.11 Å². The normalized spacial score (nSPS) is 28.9. The highest BCUT2D eigenvalue weighted by Gasteiger charge is 2.34. The zero-order chi connectivity index (χ0) is 19.4. The predicted octanol–water partition coefficient (Wildman–Crippen LogP) is 7.38. The van der Waals surface area contributed by atoms with Gasteiger partial charge in [0.15, 0.2) is 11.6 Å². The Morgan fingerprint density at radius 3 is 2.04 bits per heavy atom. The Hall–Kier alpha value is -1.19. The molecule has 3 rings (SSSR count). The molecule has 1 aromatic rings. The van der Waals surface area contributed by atoms with Crippen molar-refractivity contribution in [1.82, 2.24) is 0 Å². The Bertz CT molecular complexity index is 615. The lowest BCUT2D eigenvalue weighted by Gasteiger charge is -2.38.